The first-order chi connectivity index (χ1) is 9.70. The Labute approximate surface area is 142 Å². The monoisotopic (exact) mass is 445 g/mol. The van der Waals surface area contributed by atoms with Crippen molar-refractivity contribution >= 4 is 38.5 Å². The molecular weight excluding hydrogens is 429 g/mol. The maximum absolute atomic E-state index is 5.95. The molecule has 0 unspecified atom stereocenters. The van der Waals surface area contributed by atoms with Crippen molar-refractivity contribution in [1.29, 1.82) is 0 Å². The quantitative estimate of drug-likeness (QED) is 0.478. The van der Waals surface area contributed by atoms with Crippen LogP contribution in [0.3, 0.4) is 0 Å². The van der Waals surface area contributed by atoms with Gasteiger partial charge >= 0.3 is 0 Å². The number of nitrogens with one attached hydrogen (secondary N) is 1. The molecule has 2 aromatic rings. The fourth-order valence-electron chi connectivity index (χ4n) is 1.79. The van der Waals surface area contributed by atoms with E-state index in [1.165, 1.54) is 5.56 Å². The van der Waals surface area contributed by atoms with E-state index >= 15 is 0 Å². The largest absolute Gasteiger partial charge is 0.455 e. The molecule has 0 amide bonds. The van der Waals surface area contributed by atoms with E-state index in [4.69, 9.17) is 4.74 Å². The second-order valence-corrected chi connectivity index (χ2v) is 6.49. The van der Waals surface area contributed by atoms with Crippen molar-refractivity contribution in [2.24, 2.45) is 0 Å². The van der Waals surface area contributed by atoms with Gasteiger partial charge in [-0.1, -0.05) is 25.1 Å². The molecule has 20 heavy (non-hydrogen) atoms. The lowest BCUT2D eigenvalue weighted by molar-refractivity contribution is 0.476. The van der Waals surface area contributed by atoms with Gasteiger partial charge in [0.2, 0.25) is 0 Å². The number of halogens is 2. The van der Waals surface area contributed by atoms with Gasteiger partial charge in [-0.25, -0.2) is 0 Å². The molecule has 0 aliphatic carbocycles. The Morgan fingerprint density at radius 1 is 1.15 bits per heavy atom. The van der Waals surface area contributed by atoms with Crippen LogP contribution < -0.4 is 10.1 Å². The highest BCUT2D eigenvalue weighted by atomic mass is 127. The molecule has 0 bridgehead atoms. The average Bonchev–Trinajstić information content (AvgIpc) is 2.44. The number of benzene rings is 2. The third-order valence-corrected chi connectivity index (χ3v) is 4.32. The summed E-state index contributed by atoms with van der Waals surface area (Å²) in [6, 6.07) is 14.2. The minimum atomic E-state index is 0.841. The van der Waals surface area contributed by atoms with Crippen LogP contribution in [0.15, 0.2) is 46.9 Å². The molecule has 0 spiro atoms. The SMILES string of the molecule is CCCNCc1ccc(Oc2ccccc2I)c(Br)c1. The Morgan fingerprint density at radius 3 is 2.65 bits per heavy atom. The van der Waals surface area contributed by atoms with Gasteiger partial charge in [0.25, 0.3) is 0 Å². The summed E-state index contributed by atoms with van der Waals surface area (Å²) in [6.07, 6.45) is 1.15. The standard InChI is InChI=1S/C16H17BrINO/c1-2-9-19-11-12-7-8-15(13(17)10-12)20-16-6-4-3-5-14(16)18/h3-8,10,19H,2,9,11H2,1H3. The highest BCUT2D eigenvalue weighted by Gasteiger charge is 2.06. The van der Waals surface area contributed by atoms with Gasteiger partial charge in [-0.05, 0) is 81.3 Å². The zero-order chi connectivity index (χ0) is 14.4. The first-order valence-corrected chi connectivity index (χ1v) is 8.49. The lowest BCUT2D eigenvalue weighted by Crippen LogP contribution is -2.13. The predicted molar refractivity (Wildman–Crippen MR) is 95.4 cm³/mol. The molecule has 0 saturated carbocycles. The van der Waals surface area contributed by atoms with Crippen molar-refractivity contribution in [3.8, 4) is 11.5 Å². The fraction of sp³-hybridized carbons (Fsp3) is 0.250. The number of rotatable bonds is 6. The van der Waals surface area contributed by atoms with Crippen LogP contribution in [0.1, 0.15) is 18.9 Å². The van der Waals surface area contributed by atoms with Crippen LogP contribution in [0.5, 0.6) is 11.5 Å². The van der Waals surface area contributed by atoms with Crippen LogP contribution in [0.2, 0.25) is 0 Å². The average molecular weight is 446 g/mol. The molecule has 106 valence electrons. The summed E-state index contributed by atoms with van der Waals surface area (Å²) in [5, 5.41) is 3.39. The van der Waals surface area contributed by atoms with E-state index in [0.29, 0.717) is 0 Å². The molecule has 4 heteroatoms. The van der Waals surface area contributed by atoms with Gasteiger partial charge in [-0.15, -0.1) is 0 Å². The topological polar surface area (TPSA) is 21.3 Å². The van der Waals surface area contributed by atoms with Crippen molar-refractivity contribution in [1.82, 2.24) is 5.32 Å². The van der Waals surface area contributed by atoms with E-state index in [0.717, 1.165) is 39.1 Å². The molecular formula is C16H17BrINO. The maximum Gasteiger partial charge on any atom is 0.141 e. The predicted octanol–water partition coefficient (Wildman–Crippen LogP) is 5.35. The minimum Gasteiger partial charge on any atom is -0.455 e. The number of hydrogen-bond acceptors (Lipinski definition) is 2. The van der Waals surface area contributed by atoms with Crippen molar-refractivity contribution in [2.45, 2.75) is 19.9 Å². The Morgan fingerprint density at radius 2 is 1.95 bits per heavy atom. The summed E-state index contributed by atoms with van der Waals surface area (Å²) in [7, 11) is 0. The first-order valence-electron chi connectivity index (χ1n) is 6.62. The van der Waals surface area contributed by atoms with Crippen molar-refractivity contribution in [2.75, 3.05) is 6.54 Å². The summed E-state index contributed by atoms with van der Waals surface area (Å²) in [5.41, 5.74) is 1.25. The van der Waals surface area contributed by atoms with Crippen LogP contribution in [0, 0.1) is 3.57 Å². The van der Waals surface area contributed by atoms with Crippen LogP contribution >= 0.6 is 38.5 Å². The van der Waals surface area contributed by atoms with E-state index in [1.807, 2.05) is 30.3 Å². The smallest absolute Gasteiger partial charge is 0.141 e. The summed E-state index contributed by atoms with van der Waals surface area (Å²) >= 11 is 5.86. The summed E-state index contributed by atoms with van der Waals surface area (Å²) in [4.78, 5) is 0. The van der Waals surface area contributed by atoms with E-state index in [9.17, 15) is 0 Å². The molecule has 2 aromatic carbocycles. The van der Waals surface area contributed by atoms with E-state index in [-0.39, 0.29) is 0 Å². The third-order valence-electron chi connectivity index (χ3n) is 2.81. The van der Waals surface area contributed by atoms with Gasteiger partial charge in [0, 0.05) is 6.54 Å². The van der Waals surface area contributed by atoms with Gasteiger partial charge < -0.3 is 10.1 Å². The molecule has 0 atom stereocenters. The number of ether oxygens (including phenoxy) is 1. The molecule has 0 heterocycles. The molecule has 0 aliphatic rings. The molecule has 0 fully saturated rings. The van der Waals surface area contributed by atoms with Crippen LogP contribution in [0.4, 0.5) is 0 Å². The Hall–Kier alpha value is -0.590. The van der Waals surface area contributed by atoms with E-state index in [1.54, 1.807) is 0 Å². The van der Waals surface area contributed by atoms with Gasteiger partial charge in [0.15, 0.2) is 0 Å². The van der Waals surface area contributed by atoms with Crippen molar-refractivity contribution in [3.05, 3.63) is 56.1 Å². The maximum atomic E-state index is 5.95. The Bertz CT molecular complexity index is 574. The van der Waals surface area contributed by atoms with Gasteiger partial charge in [-0.3, -0.25) is 0 Å². The van der Waals surface area contributed by atoms with Crippen molar-refractivity contribution in [3.63, 3.8) is 0 Å². The zero-order valence-corrected chi connectivity index (χ0v) is 15.1. The number of hydrogen-bond donors (Lipinski definition) is 1. The summed E-state index contributed by atoms with van der Waals surface area (Å²) in [6.45, 7) is 4.09. The van der Waals surface area contributed by atoms with Crippen LogP contribution in [0.25, 0.3) is 0 Å². The highest BCUT2D eigenvalue weighted by molar-refractivity contribution is 14.1. The van der Waals surface area contributed by atoms with E-state index < -0.39 is 0 Å². The number of para-hydroxylation sites is 1. The normalized spacial score (nSPS) is 10.6. The van der Waals surface area contributed by atoms with Crippen molar-refractivity contribution < 1.29 is 4.74 Å². The minimum absolute atomic E-state index is 0.841. The van der Waals surface area contributed by atoms with Gasteiger partial charge in [0.05, 0.1) is 8.04 Å². The fourth-order valence-corrected chi connectivity index (χ4v) is 2.80. The second-order valence-electron chi connectivity index (χ2n) is 4.47. The lowest BCUT2D eigenvalue weighted by atomic mass is 10.2. The lowest BCUT2D eigenvalue weighted by Gasteiger charge is -2.11. The molecule has 0 saturated heterocycles. The Kier molecular flexibility index (Phi) is 6.32. The molecule has 0 aliphatic heterocycles. The zero-order valence-electron chi connectivity index (χ0n) is 11.3. The van der Waals surface area contributed by atoms with Crippen LogP contribution in [-0.2, 0) is 6.54 Å². The summed E-state index contributed by atoms with van der Waals surface area (Å²) < 4.78 is 8.03. The second kappa shape index (κ2) is 8.00. The molecule has 2 nitrogen and oxygen atoms in total. The molecule has 2 rings (SSSR count). The Balaban J connectivity index is 2.08. The van der Waals surface area contributed by atoms with Gasteiger partial charge in [-0.2, -0.15) is 0 Å². The molecule has 1 N–H and O–H groups in total. The highest BCUT2D eigenvalue weighted by Crippen LogP contribution is 2.32. The summed E-state index contributed by atoms with van der Waals surface area (Å²) in [5.74, 6) is 1.72. The van der Waals surface area contributed by atoms with Crippen LogP contribution in [-0.4, -0.2) is 6.54 Å². The molecule has 0 aromatic heterocycles. The van der Waals surface area contributed by atoms with E-state index in [2.05, 4.69) is 62.9 Å². The van der Waals surface area contributed by atoms with Gasteiger partial charge in [0.1, 0.15) is 11.5 Å². The molecule has 0 radical (unpaired) electrons. The third kappa shape index (κ3) is 4.46. The first kappa shape index (κ1) is 15.8.